The maximum atomic E-state index is 12.5. The highest BCUT2D eigenvalue weighted by atomic mass is 16.2. The monoisotopic (exact) mass is 335 g/mol. The predicted octanol–water partition coefficient (Wildman–Crippen LogP) is 4.32. The first-order valence-corrected chi connectivity index (χ1v) is 9.15. The van der Waals surface area contributed by atoms with Crippen LogP contribution in [0.5, 0.6) is 0 Å². The zero-order valence-electron chi connectivity index (χ0n) is 15.1. The lowest BCUT2D eigenvalue weighted by Gasteiger charge is -2.45. The van der Waals surface area contributed by atoms with Gasteiger partial charge in [0.2, 0.25) is 5.91 Å². The second-order valence-electron chi connectivity index (χ2n) is 7.42. The van der Waals surface area contributed by atoms with Crippen LogP contribution in [0.15, 0.2) is 42.5 Å². The molecule has 4 heteroatoms. The molecule has 1 saturated carbocycles. The largest absolute Gasteiger partial charge is 0.363 e. The summed E-state index contributed by atoms with van der Waals surface area (Å²) >= 11 is 0. The number of aryl methyl sites for hydroxylation is 1. The number of rotatable bonds is 3. The molecule has 0 bridgehead atoms. The maximum absolute atomic E-state index is 12.5. The molecule has 1 N–H and O–H groups in total. The number of carbonyl (C=O) groups is 1. The smallest absolute Gasteiger partial charge is 0.224 e. The third-order valence-electron chi connectivity index (χ3n) is 5.53. The molecule has 25 heavy (non-hydrogen) atoms. The number of fused-ring (bicyclic) bond motifs is 1. The lowest BCUT2D eigenvalue weighted by Crippen LogP contribution is -2.51. The van der Waals surface area contributed by atoms with E-state index in [-0.39, 0.29) is 18.0 Å². The van der Waals surface area contributed by atoms with Gasteiger partial charge in [0.1, 0.15) is 5.82 Å². The lowest BCUT2D eigenvalue weighted by molar-refractivity contribution is -0.117. The van der Waals surface area contributed by atoms with Gasteiger partial charge in [-0.25, -0.2) is 4.98 Å². The summed E-state index contributed by atoms with van der Waals surface area (Å²) in [5.74, 6) is 1.98. The van der Waals surface area contributed by atoms with Gasteiger partial charge in [-0.05, 0) is 49.4 Å². The van der Waals surface area contributed by atoms with E-state index in [4.69, 9.17) is 0 Å². The van der Waals surface area contributed by atoms with Crippen molar-refractivity contribution >= 4 is 17.4 Å². The van der Waals surface area contributed by atoms with Crippen molar-refractivity contribution in [2.75, 3.05) is 10.2 Å². The Morgan fingerprint density at radius 1 is 1.16 bits per heavy atom. The molecular formula is C21H25N3O. The Hall–Kier alpha value is -2.36. The molecule has 1 aliphatic heterocycles. The summed E-state index contributed by atoms with van der Waals surface area (Å²) in [6.07, 6.45) is 2.44. The number of aromatic nitrogens is 1. The van der Waals surface area contributed by atoms with E-state index in [1.807, 2.05) is 36.1 Å². The third kappa shape index (κ3) is 2.90. The van der Waals surface area contributed by atoms with Gasteiger partial charge in [-0.1, -0.05) is 31.2 Å². The number of anilines is 2. The van der Waals surface area contributed by atoms with Crippen molar-refractivity contribution in [3.05, 3.63) is 53.7 Å². The lowest BCUT2D eigenvalue weighted by atomic mass is 9.80. The molecule has 0 saturated heterocycles. The number of pyridine rings is 1. The minimum atomic E-state index is 0.142. The number of nitrogens with zero attached hydrogens (tertiary/aromatic N) is 2. The summed E-state index contributed by atoms with van der Waals surface area (Å²) in [4.78, 5) is 19.1. The van der Waals surface area contributed by atoms with E-state index in [0.717, 1.165) is 17.2 Å². The van der Waals surface area contributed by atoms with E-state index in [9.17, 15) is 4.79 Å². The van der Waals surface area contributed by atoms with Gasteiger partial charge in [-0.3, -0.25) is 4.79 Å². The Morgan fingerprint density at radius 3 is 2.60 bits per heavy atom. The molecule has 1 amide bonds. The van der Waals surface area contributed by atoms with Crippen molar-refractivity contribution in [3.63, 3.8) is 0 Å². The molecule has 1 aromatic carbocycles. The number of nitrogens with one attached hydrogen (secondary N) is 1. The number of hydrogen-bond donors (Lipinski definition) is 1. The highest BCUT2D eigenvalue weighted by molar-refractivity contribution is 5.94. The minimum absolute atomic E-state index is 0.142. The quantitative estimate of drug-likeness (QED) is 0.908. The fourth-order valence-electron chi connectivity index (χ4n) is 4.30. The van der Waals surface area contributed by atoms with Gasteiger partial charge in [0, 0.05) is 30.3 Å². The molecule has 1 fully saturated rings. The van der Waals surface area contributed by atoms with Crippen molar-refractivity contribution < 1.29 is 4.79 Å². The fourth-order valence-corrected chi connectivity index (χ4v) is 4.30. The Morgan fingerprint density at radius 2 is 1.92 bits per heavy atom. The summed E-state index contributed by atoms with van der Waals surface area (Å²) in [6, 6.07) is 14.8. The summed E-state index contributed by atoms with van der Waals surface area (Å²) in [6.45, 7) is 5.96. The van der Waals surface area contributed by atoms with Gasteiger partial charge in [-0.2, -0.15) is 0 Å². The second-order valence-corrected chi connectivity index (χ2v) is 7.42. The van der Waals surface area contributed by atoms with E-state index in [1.165, 1.54) is 18.4 Å². The third-order valence-corrected chi connectivity index (χ3v) is 5.53. The molecule has 130 valence electrons. The van der Waals surface area contributed by atoms with Crippen LogP contribution in [-0.4, -0.2) is 16.9 Å². The molecule has 0 radical (unpaired) electrons. The highest BCUT2D eigenvalue weighted by Crippen LogP contribution is 2.49. The van der Waals surface area contributed by atoms with Crippen molar-refractivity contribution in [2.24, 2.45) is 11.8 Å². The summed E-state index contributed by atoms with van der Waals surface area (Å²) in [7, 11) is 0. The highest BCUT2D eigenvalue weighted by Gasteiger charge is 2.47. The van der Waals surface area contributed by atoms with Crippen LogP contribution in [0.1, 0.15) is 44.0 Å². The van der Waals surface area contributed by atoms with Gasteiger partial charge < -0.3 is 10.2 Å². The van der Waals surface area contributed by atoms with E-state index in [1.54, 1.807) is 6.92 Å². The minimum Gasteiger partial charge on any atom is -0.363 e. The average molecular weight is 335 g/mol. The topological polar surface area (TPSA) is 45.2 Å². The molecule has 0 spiro atoms. The summed E-state index contributed by atoms with van der Waals surface area (Å²) < 4.78 is 0. The van der Waals surface area contributed by atoms with E-state index in [0.29, 0.717) is 11.8 Å². The van der Waals surface area contributed by atoms with Gasteiger partial charge in [0.05, 0.1) is 6.04 Å². The predicted molar refractivity (Wildman–Crippen MR) is 101 cm³/mol. The van der Waals surface area contributed by atoms with Gasteiger partial charge in [-0.15, -0.1) is 0 Å². The molecule has 2 heterocycles. The van der Waals surface area contributed by atoms with Crippen molar-refractivity contribution in [3.8, 4) is 0 Å². The molecule has 3 unspecified atom stereocenters. The molecule has 2 aromatic rings. The van der Waals surface area contributed by atoms with Gasteiger partial charge in [0.25, 0.3) is 0 Å². The van der Waals surface area contributed by atoms with Gasteiger partial charge >= 0.3 is 0 Å². The van der Waals surface area contributed by atoms with Crippen LogP contribution < -0.4 is 10.2 Å². The molecule has 4 nitrogen and oxygen atoms in total. The Labute approximate surface area is 149 Å². The van der Waals surface area contributed by atoms with E-state index in [2.05, 4.69) is 35.4 Å². The maximum Gasteiger partial charge on any atom is 0.224 e. The summed E-state index contributed by atoms with van der Waals surface area (Å²) in [5.41, 5.74) is 3.24. The Bertz CT molecular complexity index is 799. The molecule has 4 rings (SSSR count). The molecule has 2 aliphatic rings. The number of para-hydroxylation sites is 1. The van der Waals surface area contributed by atoms with Crippen LogP contribution in [0.25, 0.3) is 0 Å². The van der Waals surface area contributed by atoms with Gasteiger partial charge in [0.15, 0.2) is 0 Å². The average Bonchev–Trinajstić information content (AvgIpc) is 3.41. The zero-order chi connectivity index (χ0) is 17.6. The first-order chi connectivity index (χ1) is 12.1. The number of hydrogen-bond acceptors (Lipinski definition) is 3. The van der Waals surface area contributed by atoms with E-state index < -0.39 is 0 Å². The summed E-state index contributed by atoms with van der Waals surface area (Å²) in [5, 5.41) is 3.65. The number of amides is 1. The first-order valence-electron chi connectivity index (χ1n) is 9.15. The van der Waals surface area contributed by atoms with Crippen molar-refractivity contribution in [2.45, 2.75) is 45.7 Å². The number of benzene rings is 1. The molecule has 1 aromatic heterocycles. The molecule has 1 aliphatic carbocycles. The van der Waals surface area contributed by atoms with Crippen LogP contribution in [-0.2, 0) is 4.79 Å². The zero-order valence-corrected chi connectivity index (χ0v) is 15.1. The van der Waals surface area contributed by atoms with Crippen LogP contribution in [0.3, 0.4) is 0 Å². The second kappa shape index (κ2) is 6.17. The van der Waals surface area contributed by atoms with Crippen molar-refractivity contribution in [1.29, 1.82) is 0 Å². The van der Waals surface area contributed by atoms with E-state index >= 15 is 0 Å². The molecule has 3 atom stereocenters. The van der Waals surface area contributed by atoms with Crippen molar-refractivity contribution in [1.82, 2.24) is 4.98 Å². The Balaban J connectivity index is 1.77. The molecular weight excluding hydrogens is 310 g/mol. The van der Waals surface area contributed by atoms with Crippen LogP contribution >= 0.6 is 0 Å². The standard InChI is InChI=1S/C21H25N3O/c1-13-7-6-10-19(22-13)23-20-14(2)21(16-11-12-16)24(15(3)25)18-9-5-4-8-17(18)20/h4-10,14,16,20-21H,11-12H2,1-3H3,(H,22,23). The SMILES string of the molecule is CC(=O)N1c2ccccc2C(Nc2cccc(C)n2)C(C)C1C1CC1. The number of carbonyl (C=O) groups excluding carboxylic acids is 1. The normalized spacial score (nSPS) is 25.4. The first kappa shape index (κ1) is 16.1. The van der Waals surface area contributed by atoms with Crippen LogP contribution in [0.2, 0.25) is 0 Å². The fraction of sp³-hybridized carbons (Fsp3) is 0.429. The van der Waals surface area contributed by atoms with Crippen LogP contribution in [0.4, 0.5) is 11.5 Å². The van der Waals surface area contributed by atoms with Crippen LogP contribution in [0, 0.1) is 18.8 Å². The Kier molecular flexibility index (Phi) is 3.98.